The fraction of sp³-hybridized carbons (Fsp3) is 1.00. The lowest BCUT2D eigenvalue weighted by Crippen LogP contribution is -2.01. The smallest absolute Gasteiger partial charge is 0.161 e. The molecule has 108 valence electrons. The molecule has 0 heterocycles. The molecule has 18 heavy (non-hydrogen) atoms. The van der Waals surface area contributed by atoms with E-state index in [0.717, 1.165) is 25.7 Å². The molecular formula is C12H28O4P2+2. The fourth-order valence-electron chi connectivity index (χ4n) is 1.43. The van der Waals surface area contributed by atoms with Crippen LogP contribution in [-0.4, -0.2) is 22.1 Å². The summed E-state index contributed by atoms with van der Waals surface area (Å²) in [4.78, 5) is 16.9. The molecule has 0 spiro atoms. The van der Waals surface area contributed by atoms with Gasteiger partial charge in [-0.1, -0.05) is 40.0 Å². The molecule has 4 nitrogen and oxygen atoms in total. The molecule has 0 aliphatic rings. The largest absolute Gasteiger partial charge is 0.505 e. The first-order valence-corrected chi connectivity index (χ1v) is 9.54. The summed E-state index contributed by atoms with van der Waals surface area (Å²) in [5.41, 5.74) is 0. The molecule has 0 amide bonds. The molecule has 3 atom stereocenters. The van der Waals surface area contributed by atoms with Crippen LogP contribution in [0.3, 0.4) is 0 Å². The van der Waals surface area contributed by atoms with Gasteiger partial charge < -0.3 is 0 Å². The Hall–Kier alpha value is 0.120. The highest BCUT2D eigenvalue weighted by Crippen LogP contribution is 2.24. The minimum absolute atomic E-state index is 0.462. The van der Waals surface area contributed by atoms with Crippen LogP contribution in [0, 0.1) is 5.92 Å². The monoisotopic (exact) mass is 298 g/mol. The lowest BCUT2D eigenvalue weighted by Gasteiger charge is -2.05. The van der Waals surface area contributed by atoms with Crippen LogP contribution in [-0.2, 0) is 9.13 Å². The van der Waals surface area contributed by atoms with Crippen LogP contribution in [0.15, 0.2) is 0 Å². The standard InChI is InChI=1S/C8H17O2P.C4H9O2P/c1-3-5-6-8(4-2)7-11(9)10;1-2-3-4-7(5)6/h8H,3-7H2,1-2H3;2-4H2,1H3/p+2. The summed E-state index contributed by atoms with van der Waals surface area (Å²) >= 11 is 0. The third kappa shape index (κ3) is 18.5. The van der Waals surface area contributed by atoms with Crippen molar-refractivity contribution < 1.29 is 18.9 Å². The Labute approximate surface area is 113 Å². The van der Waals surface area contributed by atoms with Crippen LogP contribution >= 0.6 is 16.1 Å². The molecule has 0 aliphatic heterocycles. The van der Waals surface area contributed by atoms with E-state index in [1.807, 2.05) is 6.92 Å². The van der Waals surface area contributed by atoms with Gasteiger partial charge in [0, 0.05) is 5.92 Å². The van der Waals surface area contributed by atoms with Crippen LogP contribution in [0.25, 0.3) is 0 Å². The van der Waals surface area contributed by atoms with Gasteiger partial charge >= 0.3 is 16.1 Å². The summed E-state index contributed by atoms with van der Waals surface area (Å²) in [5.74, 6) is 0.462. The number of rotatable bonds is 9. The number of unbranched alkanes of at least 4 members (excludes halogenated alkanes) is 2. The third-order valence-electron chi connectivity index (χ3n) is 2.66. The zero-order valence-corrected chi connectivity index (χ0v) is 13.6. The van der Waals surface area contributed by atoms with E-state index in [9.17, 15) is 9.13 Å². The van der Waals surface area contributed by atoms with Crippen LogP contribution < -0.4 is 0 Å². The Balaban J connectivity index is 0. The van der Waals surface area contributed by atoms with Gasteiger partial charge in [0.2, 0.25) is 0 Å². The average molecular weight is 298 g/mol. The molecule has 0 aromatic heterocycles. The lowest BCUT2D eigenvalue weighted by atomic mass is 10.0. The van der Waals surface area contributed by atoms with E-state index < -0.39 is 16.1 Å². The molecule has 0 aromatic rings. The van der Waals surface area contributed by atoms with Gasteiger partial charge in [0.25, 0.3) is 0 Å². The summed E-state index contributed by atoms with van der Waals surface area (Å²) in [6.07, 6.45) is 7.32. The Morgan fingerprint density at radius 3 is 1.78 bits per heavy atom. The maximum absolute atomic E-state index is 10.5. The zero-order chi connectivity index (χ0) is 14.4. The van der Waals surface area contributed by atoms with Gasteiger partial charge in [-0.25, -0.2) is 0 Å². The van der Waals surface area contributed by atoms with E-state index in [-0.39, 0.29) is 0 Å². The van der Waals surface area contributed by atoms with Crippen LogP contribution in [0.4, 0.5) is 0 Å². The van der Waals surface area contributed by atoms with E-state index in [1.54, 1.807) is 0 Å². The summed E-state index contributed by atoms with van der Waals surface area (Å²) in [6, 6.07) is 0. The van der Waals surface area contributed by atoms with Gasteiger partial charge in [0.15, 0.2) is 12.3 Å². The predicted molar refractivity (Wildman–Crippen MR) is 77.6 cm³/mol. The highest BCUT2D eigenvalue weighted by atomic mass is 31.1. The third-order valence-corrected chi connectivity index (χ3v) is 4.19. The van der Waals surface area contributed by atoms with Crippen molar-refractivity contribution in [2.45, 2.75) is 59.3 Å². The normalized spacial score (nSPS) is 13.4. The summed E-state index contributed by atoms with van der Waals surface area (Å²) in [7, 11) is -3.77. The molecule has 0 fully saturated rings. The molecular weight excluding hydrogens is 270 g/mol. The Bertz CT molecular complexity index is 222. The van der Waals surface area contributed by atoms with Gasteiger partial charge in [-0.3, -0.25) is 0 Å². The number of hydrogen-bond acceptors (Lipinski definition) is 2. The van der Waals surface area contributed by atoms with E-state index in [2.05, 4.69) is 13.8 Å². The molecule has 0 rings (SSSR count). The quantitative estimate of drug-likeness (QED) is 0.616. The summed E-state index contributed by atoms with van der Waals surface area (Å²) in [6.45, 7) is 6.23. The van der Waals surface area contributed by atoms with E-state index in [1.165, 1.54) is 12.8 Å². The summed E-state index contributed by atoms with van der Waals surface area (Å²) in [5, 5.41) is 0. The molecule has 0 saturated carbocycles. The maximum Gasteiger partial charge on any atom is 0.505 e. The van der Waals surface area contributed by atoms with Crippen molar-refractivity contribution in [2.24, 2.45) is 5.92 Å². The first kappa shape index (κ1) is 20.4. The zero-order valence-electron chi connectivity index (χ0n) is 11.8. The van der Waals surface area contributed by atoms with Crippen LogP contribution in [0.5, 0.6) is 0 Å². The second-order valence-corrected chi connectivity index (χ2v) is 6.60. The van der Waals surface area contributed by atoms with Crippen molar-refractivity contribution in [2.75, 3.05) is 12.3 Å². The Morgan fingerprint density at radius 1 is 0.944 bits per heavy atom. The van der Waals surface area contributed by atoms with Crippen LogP contribution in [0.1, 0.15) is 59.3 Å². The molecule has 0 aromatic carbocycles. The van der Waals surface area contributed by atoms with Crippen molar-refractivity contribution in [1.82, 2.24) is 0 Å². The van der Waals surface area contributed by atoms with Crippen molar-refractivity contribution >= 4 is 16.1 Å². The SMILES string of the molecule is CCCCC(CC)C[P+](=O)O.CCCC[P+](=O)O. The Kier molecular flexibility index (Phi) is 17.2. The van der Waals surface area contributed by atoms with E-state index >= 15 is 0 Å². The van der Waals surface area contributed by atoms with E-state index in [0.29, 0.717) is 18.2 Å². The van der Waals surface area contributed by atoms with Gasteiger partial charge in [0.1, 0.15) is 0 Å². The van der Waals surface area contributed by atoms with Gasteiger partial charge in [-0.2, -0.15) is 9.79 Å². The molecule has 0 saturated heterocycles. The van der Waals surface area contributed by atoms with Crippen LogP contribution in [0.2, 0.25) is 0 Å². The topological polar surface area (TPSA) is 74.6 Å². The molecule has 2 N–H and O–H groups in total. The second kappa shape index (κ2) is 15.2. The minimum Gasteiger partial charge on any atom is -0.161 e. The average Bonchev–Trinajstić information content (AvgIpc) is 2.32. The van der Waals surface area contributed by atoms with Crippen molar-refractivity contribution in [3.63, 3.8) is 0 Å². The Morgan fingerprint density at radius 2 is 1.50 bits per heavy atom. The van der Waals surface area contributed by atoms with Gasteiger partial charge in [0.05, 0.1) is 0 Å². The molecule has 0 bridgehead atoms. The molecule has 6 heteroatoms. The van der Waals surface area contributed by atoms with Crippen molar-refractivity contribution in [3.05, 3.63) is 0 Å². The fourth-order valence-corrected chi connectivity index (χ4v) is 2.90. The molecule has 3 unspecified atom stereocenters. The number of hydrogen-bond donors (Lipinski definition) is 2. The molecule has 0 aliphatic carbocycles. The first-order valence-electron chi connectivity index (χ1n) is 6.74. The summed E-state index contributed by atoms with van der Waals surface area (Å²) < 4.78 is 20.4. The van der Waals surface area contributed by atoms with E-state index in [4.69, 9.17) is 9.79 Å². The minimum atomic E-state index is -1.91. The lowest BCUT2D eigenvalue weighted by molar-refractivity contribution is 0.454. The maximum atomic E-state index is 10.5. The van der Waals surface area contributed by atoms with Gasteiger partial charge in [-0.15, -0.1) is 0 Å². The molecule has 0 radical (unpaired) electrons. The van der Waals surface area contributed by atoms with Crippen molar-refractivity contribution in [1.29, 1.82) is 0 Å². The second-order valence-electron chi connectivity index (χ2n) is 4.38. The highest BCUT2D eigenvalue weighted by molar-refractivity contribution is 7.38. The van der Waals surface area contributed by atoms with Gasteiger partial charge in [-0.05, 0) is 28.4 Å². The first-order chi connectivity index (χ1) is 8.47. The highest BCUT2D eigenvalue weighted by Gasteiger charge is 2.18. The predicted octanol–water partition coefficient (Wildman–Crippen LogP) is 4.46. The van der Waals surface area contributed by atoms with Crippen molar-refractivity contribution in [3.8, 4) is 0 Å².